The first-order chi connectivity index (χ1) is 16.5. The lowest BCUT2D eigenvalue weighted by molar-refractivity contribution is 0.214. The molecule has 0 radical (unpaired) electrons. The van der Waals surface area contributed by atoms with Crippen molar-refractivity contribution >= 4 is 22.8 Å². The SMILES string of the molecule is COc1cc(OC)c(F)c(Cc2cn(CO)c3ncc(/C(C=N)=C/NCC4CNC4)cc23)c1F. The average Bonchev–Trinajstić information content (AvgIpc) is 3.17. The van der Waals surface area contributed by atoms with E-state index >= 15 is 0 Å². The van der Waals surface area contributed by atoms with Gasteiger partial charge in [-0.15, -0.1) is 0 Å². The van der Waals surface area contributed by atoms with E-state index in [1.807, 2.05) is 0 Å². The van der Waals surface area contributed by atoms with Crippen molar-refractivity contribution in [3.05, 3.63) is 59.1 Å². The Kier molecular flexibility index (Phi) is 7.09. The fourth-order valence-electron chi connectivity index (χ4n) is 3.97. The second-order valence-electron chi connectivity index (χ2n) is 8.10. The molecule has 0 saturated carbocycles. The summed E-state index contributed by atoms with van der Waals surface area (Å²) in [7, 11) is 2.60. The zero-order valence-electron chi connectivity index (χ0n) is 19.0. The molecule has 3 heterocycles. The lowest BCUT2D eigenvalue weighted by Crippen LogP contribution is -2.46. The van der Waals surface area contributed by atoms with Crippen LogP contribution in [0.15, 0.2) is 30.7 Å². The van der Waals surface area contributed by atoms with E-state index in [4.69, 9.17) is 14.9 Å². The van der Waals surface area contributed by atoms with Gasteiger partial charge in [0.15, 0.2) is 23.1 Å². The number of aliphatic hydroxyl groups is 1. The van der Waals surface area contributed by atoms with Crippen LogP contribution in [0.4, 0.5) is 8.78 Å². The maximum Gasteiger partial charge on any atom is 0.171 e. The summed E-state index contributed by atoms with van der Waals surface area (Å²) in [4.78, 5) is 4.45. The summed E-state index contributed by atoms with van der Waals surface area (Å²) < 4.78 is 41.5. The van der Waals surface area contributed by atoms with Crippen molar-refractivity contribution in [1.29, 1.82) is 5.41 Å². The number of aliphatic hydroxyl groups excluding tert-OH is 1. The number of hydrogen-bond acceptors (Lipinski definition) is 7. The molecular weight excluding hydrogens is 444 g/mol. The molecule has 0 atom stereocenters. The van der Waals surface area contributed by atoms with Gasteiger partial charge in [-0.05, 0) is 11.6 Å². The molecule has 1 aliphatic heterocycles. The average molecular weight is 472 g/mol. The largest absolute Gasteiger partial charge is 0.494 e. The number of pyridine rings is 1. The maximum atomic E-state index is 15.0. The number of nitrogens with zero attached hydrogens (tertiary/aromatic N) is 2. The molecule has 34 heavy (non-hydrogen) atoms. The van der Waals surface area contributed by atoms with Crippen LogP contribution in [0.2, 0.25) is 0 Å². The van der Waals surface area contributed by atoms with Crippen molar-refractivity contribution in [2.24, 2.45) is 5.92 Å². The number of rotatable bonds is 10. The van der Waals surface area contributed by atoms with E-state index in [0.29, 0.717) is 33.7 Å². The van der Waals surface area contributed by atoms with Crippen molar-refractivity contribution in [3.8, 4) is 11.5 Å². The summed E-state index contributed by atoms with van der Waals surface area (Å²) in [5, 5.41) is 24.7. The summed E-state index contributed by atoms with van der Waals surface area (Å²) >= 11 is 0. The highest BCUT2D eigenvalue weighted by Gasteiger charge is 2.22. The second kappa shape index (κ2) is 10.2. The third-order valence-corrected chi connectivity index (χ3v) is 6.00. The number of fused-ring (bicyclic) bond motifs is 1. The first kappa shape index (κ1) is 23.7. The molecule has 0 spiro atoms. The molecule has 0 bridgehead atoms. The second-order valence-corrected chi connectivity index (χ2v) is 8.10. The van der Waals surface area contributed by atoms with Gasteiger partial charge in [-0.1, -0.05) is 0 Å². The molecular formula is C24H27F2N5O3. The van der Waals surface area contributed by atoms with Crippen LogP contribution in [-0.4, -0.2) is 54.7 Å². The van der Waals surface area contributed by atoms with Crippen molar-refractivity contribution in [2.75, 3.05) is 33.9 Å². The Morgan fingerprint density at radius 3 is 2.53 bits per heavy atom. The molecule has 8 nitrogen and oxygen atoms in total. The van der Waals surface area contributed by atoms with Gasteiger partial charge in [0, 0.05) is 84.9 Å². The van der Waals surface area contributed by atoms with Gasteiger partial charge in [0.2, 0.25) is 0 Å². The predicted molar refractivity (Wildman–Crippen MR) is 125 cm³/mol. The molecule has 1 aliphatic rings. The number of benzene rings is 1. The summed E-state index contributed by atoms with van der Waals surface area (Å²) in [6.45, 7) is 2.38. The number of nitrogens with one attached hydrogen (secondary N) is 3. The normalized spacial score (nSPS) is 14.2. The van der Waals surface area contributed by atoms with E-state index in [1.165, 1.54) is 31.1 Å². The number of halogens is 2. The summed E-state index contributed by atoms with van der Waals surface area (Å²) in [6.07, 6.45) is 6.10. The molecule has 3 aromatic rings. The first-order valence-electron chi connectivity index (χ1n) is 10.8. The molecule has 1 aromatic carbocycles. The Labute approximate surface area is 195 Å². The van der Waals surface area contributed by atoms with Crippen molar-refractivity contribution in [3.63, 3.8) is 0 Å². The molecule has 4 N–H and O–H groups in total. The number of hydrogen-bond donors (Lipinski definition) is 4. The van der Waals surface area contributed by atoms with Crippen LogP contribution in [0, 0.1) is 23.0 Å². The van der Waals surface area contributed by atoms with Gasteiger partial charge in [-0.25, -0.2) is 13.8 Å². The molecule has 1 saturated heterocycles. The summed E-state index contributed by atoms with van der Waals surface area (Å²) in [6, 6.07) is 2.97. The minimum atomic E-state index is -0.815. The summed E-state index contributed by atoms with van der Waals surface area (Å²) in [5.74, 6) is -1.33. The number of aromatic nitrogens is 2. The minimum Gasteiger partial charge on any atom is -0.494 e. The van der Waals surface area contributed by atoms with Gasteiger partial charge < -0.3 is 35.2 Å². The highest BCUT2D eigenvalue weighted by atomic mass is 19.1. The monoisotopic (exact) mass is 471 g/mol. The number of ether oxygens (including phenoxy) is 2. The molecule has 0 unspecified atom stereocenters. The van der Waals surface area contributed by atoms with Crippen molar-refractivity contribution < 1.29 is 23.4 Å². The molecule has 2 aromatic heterocycles. The standard InChI is InChI=1S/C24H27F2N5O3/c1-33-20-5-21(34-2)23(26)19(22(20)25)4-16-12-31(13-32)24-18(16)3-15(11-30-24)17(6-27)10-29-9-14-7-28-8-14/h3,5-6,10-12,14,27-29,32H,4,7-9,13H2,1-2H3/b17-10+,27-6?. The van der Waals surface area contributed by atoms with Crippen LogP contribution in [0.3, 0.4) is 0 Å². The number of methoxy groups -OCH3 is 2. The van der Waals surface area contributed by atoms with Crippen LogP contribution in [-0.2, 0) is 13.2 Å². The van der Waals surface area contributed by atoms with Crippen molar-refractivity contribution in [1.82, 2.24) is 20.2 Å². The van der Waals surface area contributed by atoms with Crippen LogP contribution in [0.1, 0.15) is 16.7 Å². The highest BCUT2D eigenvalue weighted by molar-refractivity contribution is 6.09. The Hall–Kier alpha value is -3.50. The molecule has 1 fully saturated rings. The lowest BCUT2D eigenvalue weighted by atomic mass is 10.0. The van der Waals surface area contributed by atoms with Crippen molar-refractivity contribution in [2.45, 2.75) is 13.2 Å². The maximum absolute atomic E-state index is 15.0. The minimum absolute atomic E-state index is 0.115. The molecule has 0 amide bonds. The van der Waals surface area contributed by atoms with Crippen LogP contribution in [0.5, 0.6) is 11.5 Å². The van der Waals surface area contributed by atoms with E-state index < -0.39 is 11.6 Å². The zero-order chi connectivity index (χ0) is 24.2. The van der Waals surface area contributed by atoms with Crippen LogP contribution in [0.25, 0.3) is 16.6 Å². The molecule has 180 valence electrons. The highest BCUT2D eigenvalue weighted by Crippen LogP contribution is 2.34. The van der Waals surface area contributed by atoms with E-state index in [9.17, 15) is 13.9 Å². The van der Waals surface area contributed by atoms with Gasteiger partial charge in [0.25, 0.3) is 0 Å². The van der Waals surface area contributed by atoms with Gasteiger partial charge in [-0.2, -0.15) is 0 Å². The Balaban J connectivity index is 1.73. The van der Waals surface area contributed by atoms with Crippen LogP contribution < -0.4 is 20.1 Å². The first-order valence-corrected chi connectivity index (χ1v) is 10.8. The van der Waals surface area contributed by atoms with E-state index in [0.717, 1.165) is 19.6 Å². The molecule has 4 rings (SSSR count). The van der Waals surface area contributed by atoms with Gasteiger partial charge in [0.05, 0.1) is 14.2 Å². The third kappa shape index (κ3) is 4.46. The molecule has 10 heteroatoms. The smallest absolute Gasteiger partial charge is 0.171 e. The zero-order valence-corrected chi connectivity index (χ0v) is 19.0. The van der Waals surface area contributed by atoms with Gasteiger partial charge in [0.1, 0.15) is 12.4 Å². The Morgan fingerprint density at radius 1 is 1.26 bits per heavy atom. The van der Waals surface area contributed by atoms with E-state index in [1.54, 1.807) is 24.7 Å². The van der Waals surface area contributed by atoms with E-state index in [-0.39, 0.29) is 30.2 Å². The Bertz CT molecular complexity index is 1210. The fourth-order valence-corrected chi connectivity index (χ4v) is 3.97. The third-order valence-electron chi connectivity index (χ3n) is 6.00. The number of allylic oxidation sites excluding steroid dienone is 1. The summed E-state index contributed by atoms with van der Waals surface area (Å²) in [5.41, 5.74) is 2.10. The van der Waals surface area contributed by atoms with Gasteiger partial charge in [-0.3, -0.25) is 0 Å². The topological polar surface area (TPSA) is 104 Å². The fraction of sp³-hybridized carbons (Fsp3) is 0.333. The predicted octanol–water partition coefficient (Wildman–Crippen LogP) is 2.67. The van der Waals surface area contributed by atoms with Crippen LogP contribution >= 0.6 is 0 Å². The van der Waals surface area contributed by atoms with E-state index in [2.05, 4.69) is 15.6 Å². The quantitative estimate of drug-likeness (QED) is 0.339. The lowest BCUT2D eigenvalue weighted by Gasteiger charge is -2.26. The molecule has 0 aliphatic carbocycles. The van der Waals surface area contributed by atoms with Gasteiger partial charge >= 0.3 is 0 Å². The Morgan fingerprint density at radius 2 is 1.97 bits per heavy atom.